The van der Waals surface area contributed by atoms with Gasteiger partial charge in [0.15, 0.2) is 0 Å². The molecule has 0 fully saturated rings. The van der Waals surface area contributed by atoms with Gasteiger partial charge < -0.3 is 0 Å². The van der Waals surface area contributed by atoms with Crippen molar-refractivity contribution in [3.05, 3.63) is 75.5 Å². The maximum absolute atomic E-state index is 6.17. The average molecular weight is 408 g/mol. The number of benzene rings is 2. The Labute approximate surface area is 151 Å². The Morgan fingerprint density at radius 3 is 2.91 bits per heavy atom. The van der Waals surface area contributed by atoms with E-state index in [-0.39, 0.29) is 0 Å². The molecule has 3 aromatic rings. The average Bonchev–Trinajstić information content (AvgIpc) is 3.00. The second kappa shape index (κ2) is 7.77. The molecule has 0 atom stereocenters. The Kier molecular flexibility index (Phi) is 5.48. The van der Waals surface area contributed by atoms with Gasteiger partial charge in [0.25, 0.3) is 0 Å². The van der Waals surface area contributed by atoms with E-state index < -0.39 is 0 Å². The zero-order valence-electron chi connectivity index (χ0n) is 11.9. The monoisotopic (exact) mass is 406 g/mol. The zero-order valence-corrected chi connectivity index (χ0v) is 15.1. The molecule has 23 heavy (non-hydrogen) atoms. The van der Waals surface area contributed by atoms with E-state index in [0.717, 1.165) is 25.8 Å². The molecule has 0 unspecified atom stereocenters. The van der Waals surface area contributed by atoms with Crippen molar-refractivity contribution in [1.82, 2.24) is 14.9 Å². The lowest BCUT2D eigenvalue weighted by Crippen LogP contribution is -1.93. The maximum Gasteiger partial charge on any atom is 0.212 e. The lowest BCUT2D eigenvalue weighted by Gasteiger charge is -2.03. The highest BCUT2D eigenvalue weighted by Crippen LogP contribution is 2.25. The molecule has 0 saturated heterocycles. The first kappa shape index (κ1) is 16.2. The molecule has 2 aromatic carbocycles. The van der Waals surface area contributed by atoms with Gasteiger partial charge in [-0.05, 0) is 29.3 Å². The second-order valence-electron chi connectivity index (χ2n) is 4.64. The number of aromatic nitrogens is 3. The third kappa shape index (κ3) is 4.43. The first-order chi connectivity index (χ1) is 11.2. The topological polar surface area (TPSA) is 43.1 Å². The number of halogens is 2. The van der Waals surface area contributed by atoms with Crippen molar-refractivity contribution < 1.29 is 0 Å². The predicted octanol–water partition coefficient (Wildman–Crippen LogP) is 4.87. The van der Waals surface area contributed by atoms with E-state index in [4.69, 9.17) is 11.6 Å². The summed E-state index contributed by atoms with van der Waals surface area (Å²) in [5.74, 6) is 0.713. The third-order valence-corrected chi connectivity index (χ3v) is 4.84. The van der Waals surface area contributed by atoms with Gasteiger partial charge in [-0.15, -0.1) is 10.2 Å². The van der Waals surface area contributed by atoms with Crippen molar-refractivity contribution in [2.24, 2.45) is 5.10 Å². The van der Waals surface area contributed by atoms with Crippen LogP contribution in [0.3, 0.4) is 0 Å². The minimum Gasteiger partial charge on any atom is -0.195 e. The molecule has 1 heterocycles. The molecule has 0 aliphatic heterocycles. The molecule has 0 aliphatic carbocycles. The molecule has 0 spiro atoms. The largest absolute Gasteiger partial charge is 0.212 e. The van der Waals surface area contributed by atoms with Gasteiger partial charge in [-0.3, -0.25) is 0 Å². The van der Waals surface area contributed by atoms with Crippen LogP contribution in [-0.2, 0) is 5.75 Å². The van der Waals surface area contributed by atoms with Crippen LogP contribution in [0.4, 0.5) is 0 Å². The van der Waals surface area contributed by atoms with Crippen molar-refractivity contribution in [1.29, 1.82) is 0 Å². The number of thioether (sulfide) groups is 1. The van der Waals surface area contributed by atoms with E-state index in [1.165, 1.54) is 0 Å². The fourth-order valence-electron chi connectivity index (χ4n) is 1.87. The molecular formula is C16H12BrClN4S. The van der Waals surface area contributed by atoms with E-state index in [0.29, 0.717) is 5.75 Å². The Hall–Kier alpha value is -1.63. The summed E-state index contributed by atoms with van der Waals surface area (Å²) in [6.45, 7) is 0. The summed E-state index contributed by atoms with van der Waals surface area (Å²) in [7, 11) is 0. The van der Waals surface area contributed by atoms with Crippen LogP contribution in [0.1, 0.15) is 11.1 Å². The molecule has 0 N–H and O–H groups in total. The molecule has 0 radical (unpaired) electrons. The summed E-state index contributed by atoms with van der Waals surface area (Å²) in [6, 6.07) is 15.7. The summed E-state index contributed by atoms with van der Waals surface area (Å²) in [5, 5.41) is 13.9. The Balaban J connectivity index is 1.71. The van der Waals surface area contributed by atoms with Crippen molar-refractivity contribution in [2.45, 2.75) is 10.9 Å². The van der Waals surface area contributed by atoms with Gasteiger partial charge in [-0.1, -0.05) is 69.6 Å². The number of rotatable bonds is 5. The van der Waals surface area contributed by atoms with Gasteiger partial charge in [0.05, 0.1) is 6.21 Å². The SMILES string of the molecule is Clc1ccccc1CSc1nncn1/N=C/c1cccc(Br)c1. The molecule has 3 rings (SSSR count). The minimum absolute atomic E-state index is 0.713. The highest BCUT2D eigenvalue weighted by molar-refractivity contribution is 9.10. The summed E-state index contributed by atoms with van der Waals surface area (Å²) in [5.41, 5.74) is 2.06. The van der Waals surface area contributed by atoms with Crippen LogP contribution in [0.2, 0.25) is 5.02 Å². The van der Waals surface area contributed by atoms with E-state index in [9.17, 15) is 0 Å². The van der Waals surface area contributed by atoms with Gasteiger partial charge in [-0.2, -0.15) is 9.78 Å². The molecule has 0 saturated carbocycles. The summed E-state index contributed by atoms with van der Waals surface area (Å²) < 4.78 is 2.67. The first-order valence-electron chi connectivity index (χ1n) is 6.78. The summed E-state index contributed by atoms with van der Waals surface area (Å²) in [6.07, 6.45) is 3.36. The van der Waals surface area contributed by atoms with Crippen molar-refractivity contribution in [3.8, 4) is 0 Å². The van der Waals surface area contributed by atoms with Gasteiger partial charge in [0.1, 0.15) is 6.33 Å². The van der Waals surface area contributed by atoms with E-state index in [1.807, 2.05) is 48.5 Å². The smallest absolute Gasteiger partial charge is 0.195 e. The van der Waals surface area contributed by atoms with Crippen LogP contribution in [-0.4, -0.2) is 21.1 Å². The van der Waals surface area contributed by atoms with E-state index in [1.54, 1.807) is 29.0 Å². The fourth-order valence-corrected chi connectivity index (χ4v) is 3.43. The molecule has 0 amide bonds. The highest BCUT2D eigenvalue weighted by atomic mass is 79.9. The van der Waals surface area contributed by atoms with Gasteiger partial charge in [-0.25, -0.2) is 0 Å². The van der Waals surface area contributed by atoms with E-state index in [2.05, 4.69) is 31.2 Å². The number of hydrogen-bond donors (Lipinski definition) is 0. The summed E-state index contributed by atoms with van der Waals surface area (Å²) >= 11 is 11.2. The second-order valence-corrected chi connectivity index (χ2v) is 6.90. The number of hydrogen-bond acceptors (Lipinski definition) is 4. The van der Waals surface area contributed by atoms with E-state index >= 15 is 0 Å². The van der Waals surface area contributed by atoms with Crippen LogP contribution in [0.5, 0.6) is 0 Å². The van der Waals surface area contributed by atoms with Crippen LogP contribution in [0, 0.1) is 0 Å². The van der Waals surface area contributed by atoms with Crippen LogP contribution >= 0.6 is 39.3 Å². The van der Waals surface area contributed by atoms with Crippen molar-refractivity contribution in [3.63, 3.8) is 0 Å². The maximum atomic E-state index is 6.17. The highest BCUT2D eigenvalue weighted by Gasteiger charge is 2.06. The number of nitrogens with zero attached hydrogens (tertiary/aromatic N) is 4. The molecule has 0 bridgehead atoms. The van der Waals surface area contributed by atoms with Crippen LogP contribution in [0.15, 0.2) is 69.6 Å². The van der Waals surface area contributed by atoms with Gasteiger partial charge in [0.2, 0.25) is 5.16 Å². The molecule has 7 heteroatoms. The molecular weight excluding hydrogens is 396 g/mol. The van der Waals surface area contributed by atoms with Gasteiger partial charge >= 0.3 is 0 Å². The Bertz CT molecular complexity index is 834. The van der Waals surface area contributed by atoms with Crippen LogP contribution < -0.4 is 0 Å². The lowest BCUT2D eigenvalue weighted by molar-refractivity contribution is 0.767. The molecule has 4 nitrogen and oxygen atoms in total. The van der Waals surface area contributed by atoms with Crippen molar-refractivity contribution in [2.75, 3.05) is 0 Å². The normalized spacial score (nSPS) is 11.2. The standard InChI is InChI=1S/C16H12BrClN4S/c17-14-6-3-4-12(8-14)9-20-22-11-19-21-16(22)23-10-13-5-1-2-7-15(13)18/h1-9,11H,10H2/b20-9+. The predicted molar refractivity (Wildman–Crippen MR) is 98.2 cm³/mol. The lowest BCUT2D eigenvalue weighted by atomic mass is 10.2. The third-order valence-electron chi connectivity index (χ3n) is 2.99. The Morgan fingerprint density at radius 1 is 1.22 bits per heavy atom. The summed E-state index contributed by atoms with van der Waals surface area (Å²) in [4.78, 5) is 0. The molecule has 116 valence electrons. The minimum atomic E-state index is 0.713. The van der Waals surface area contributed by atoms with Crippen LogP contribution in [0.25, 0.3) is 0 Å². The zero-order chi connectivity index (χ0) is 16.1. The Morgan fingerprint density at radius 2 is 2.09 bits per heavy atom. The molecule has 1 aromatic heterocycles. The fraction of sp³-hybridized carbons (Fsp3) is 0.0625. The van der Waals surface area contributed by atoms with Crippen molar-refractivity contribution >= 4 is 45.5 Å². The first-order valence-corrected chi connectivity index (χ1v) is 8.94. The van der Waals surface area contributed by atoms with Gasteiger partial charge in [0, 0.05) is 15.2 Å². The molecule has 0 aliphatic rings. The quantitative estimate of drug-likeness (QED) is 0.448.